The lowest BCUT2D eigenvalue weighted by atomic mass is 10.2. The number of benzene rings is 1. The number of amides is 3. The van der Waals surface area contributed by atoms with E-state index in [0.717, 1.165) is 0 Å². The lowest BCUT2D eigenvalue weighted by Crippen LogP contribution is -2.43. The van der Waals surface area contributed by atoms with E-state index in [-0.39, 0.29) is 18.8 Å². The molecule has 1 rings (SSSR count). The lowest BCUT2D eigenvalue weighted by Gasteiger charge is -2.11. The monoisotopic (exact) mass is 319 g/mol. The summed E-state index contributed by atoms with van der Waals surface area (Å²) in [6.45, 7) is -0.347. The number of hydrogen-bond acceptors (Lipinski definition) is 5. The van der Waals surface area contributed by atoms with Gasteiger partial charge in [0.25, 0.3) is 0 Å². The van der Waals surface area contributed by atoms with Gasteiger partial charge in [-0.2, -0.15) is 0 Å². The van der Waals surface area contributed by atoms with Crippen LogP contribution in [-0.4, -0.2) is 42.9 Å². The van der Waals surface area contributed by atoms with E-state index in [1.165, 1.54) is 0 Å². The number of rotatable bonds is 8. The molecule has 9 nitrogen and oxygen atoms in total. The number of aldehydes is 2. The van der Waals surface area contributed by atoms with Gasteiger partial charge in [0.1, 0.15) is 18.4 Å². The zero-order valence-electron chi connectivity index (χ0n) is 12.2. The second kappa shape index (κ2) is 8.93. The minimum absolute atomic E-state index is 0.0854. The summed E-state index contributed by atoms with van der Waals surface area (Å²) in [4.78, 5) is 44.0. The first-order valence-corrected chi connectivity index (χ1v) is 6.64. The van der Waals surface area contributed by atoms with Gasteiger partial charge in [-0.05, 0) is 24.3 Å². The van der Waals surface area contributed by atoms with Crippen molar-refractivity contribution in [2.24, 2.45) is 5.73 Å². The zero-order chi connectivity index (χ0) is 17.2. The second-order valence-electron chi connectivity index (χ2n) is 4.51. The predicted molar refractivity (Wildman–Crippen MR) is 83.2 cm³/mol. The summed E-state index contributed by atoms with van der Waals surface area (Å²) in [5, 5.41) is 14.3. The molecule has 6 N–H and O–H groups in total. The maximum atomic E-state index is 11.6. The first-order chi connectivity index (χ1) is 11.0. The maximum absolute atomic E-state index is 11.6. The maximum Gasteiger partial charge on any atom is 0.319 e. The molecule has 9 heteroatoms. The first kappa shape index (κ1) is 17.8. The third kappa shape index (κ3) is 6.38. The molecular weight excluding hydrogens is 302 g/mol. The topological polar surface area (TPSA) is 154 Å². The number of anilines is 1. The molecule has 0 spiro atoms. The second-order valence-corrected chi connectivity index (χ2v) is 4.51. The molecule has 0 radical (unpaired) electrons. The highest BCUT2D eigenvalue weighted by Crippen LogP contribution is 2.08. The molecule has 0 saturated heterocycles. The van der Waals surface area contributed by atoms with Gasteiger partial charge in [-0.15, -0.1) is 0 Å². The smallest absolute Gasteiger partial charge is 0.319 e. The molecule has 0 bridgehead atoms. The highest BCUT2D eigenvalue weighted by atomic mass is 16.2. The Hall–Kier alpha value is -3.23. The van der Waals surface area contributed by atoms with Crippen LogP contribution in [0.4, 0.5) is 10.5 Å². The van der Waals surface area contributed by atoms with Gasteiger partial charge < -0.3 is 31.3 Å². The third-order valence-electron chi connectivity index (χ3n) is 2.72. The normalized spacial score (nSPS) is 11.0. The van der Waals surface area contributed by atoms with E-state index in [9.17, 15) is 19.2 Å². The fourth-order valence-corrected chi connectivity index (χ4v) is 1.58. The Balaban J connectivity index is 2.41. The molecule has 0 aliphatic carbocycles. The summed E-state index contributed by atoms with van der Waals surface area (Å²) in [6, 6.07) is 4.74. The molecule has 1 aromatic carbocycles. The molecule has 3 amide bonds. The van der Waals surface area contributed by atoms with Gasteiger partial charge in [-0.3, -0.25) is 10.2 Å². The van der Waals surface area contributed by atoms with Crippen molar-refractivity contribution in [2.75, 3.05) is 11.9 Å². The Bertz CT molecular complexity index is 600. The molecule has 122 valence electrons. The highest BCUT2D eigenvalue weighted by molar-refractivity contribution is 5.96. The molecule has 0 aliphatic rings. The fourth-order valence-electron chi connectivity index (χ4n) is 1.58. The molecule has 1 atom stereocenters. The van der Waals surface area contributed by atoms with Crippen molar-refractivity contribution in [1.82, 2.24) is 10.6 Å². The van der Waals surface area contributed by atoms with Crippen LogP contribution in [-0.2, 0) is 14.4 Å². The zero-order valence-corrected chi connectivity index (χ0v) is 12.2. The Morgan fingerprint density at radius 1 is 1.22 bits per heavy atom. The van der Waals surface area contributed by atoms with Crippen LogP contribution < -0.4 is 21.7 Å². The van der Waals surface area contributed by atoms with Gasteiger partial charge >= 0.3 is 6.03 Å². The van der Waals surface area contributed by atoms with Crippen LogP contribution in [0.3, 0.4) is 0 Å². The van der Waals surface area contributed by atoms with Crippen LogP contribution in [0.1, 0.15) is 12.0 Å². The Kier molecular flexibility index (Phi) is 6.92. The van der Waals surface area contributed by atoms with Crippen molar-refractivity contribution in [3.63, 3.8) is 0 Å². The van der Waals surface area contributed by atoms with Gasteiger partial charge in [0, 0.05) is 17.7 Å². The number of nitrogens with two attached hydrogens (primary N) is 1. The minimum atomic E-state index is -0.899. The molecule has 0 aliphatic heterocycles. The quantitative estimate of drug-likeness (QED) is 0.245. The van der Waals surface area contributed by atoms with E-state index in [1.54, 1.807) is 24.3 Å². The van der Waals surface area contributed by atoms with E-state index in [2.05, 4.69) is 16.0 Å². The minimum Gasteiger partial charge on any atom is -0.384 e. The Labute approximate surface area is 132 Å². The van der Waals surface area contributed by atoms with Gasteiger partial charge in [-0.1, -0.05) is 0 Å². The summed E-state index contributed by atoms with van der Waals surface area (Å²) in [5.41, 5.74) is 6.29. The molecule has 23 heavy (non-hydrogen) atoms. The van der Waals surface area contributed by atoms with Crippen LogP contribution in [0, 0.1) is 5.41 Å². The standard InChI is InChI=1S/C14H17N5O4/c15-13(16)9-1-3-10(4-2-9)19-14(23)17-7-12(22)18-11(8-21)5-6-20/h1-4,6,8,11H,5,7H2,(H3,15,16)(H,18,22)(H2,17,19,23)/t11-/m0/s1. The lowest BCUT2D eigenvalue weighted by molar-refractivity contribution is -0.123. The number of urea groups is 1. The number of hydrogen-bond donors (Lipinski definition) is 5. The van der Waals surface area contributed by atoms with Crippen LogP contribution in [0.5, 0.6) is 0 Å². The number of nitrogens with one attached hydrogen (secondary N) is 4. The van der Waals surface area contributed by atoms with Gasteiger partial charge in [-0.25, -0.2) is 4.79 Å². The van der Waals surface area contributed by atoms with E-state index >= 15 is 0 Å². The molecule has 1 aromatic rings. The predicted octanol–water partition coefficient (Wildman–Crippen LogP) is -0.635. The highest BCUT2D eigenvalue weighted by Gasteiger charge is 2.11. The van der Waals surface area contributed by atoms with Crippen molar-refractivity contribution < 1.29 is 19.2 Å². The fraction of sp³-hybridized carbons (Fsp3) is 0.214. The Morgan fingerprint density at radius 2 is 1.87 bits per heavy atom. The third-order valence-corrected chi connectivity index (χ3v) is 2.72. The van der Waals surface area contributed by atoms with E-state index < -0.39 is 18.0 Å². The molecule has 0 unspecified atom stereocenters. The molecule has 0 fully saturated rings. The largest absolute Gasteiger partial charge is 0.384 e. The first-order valence-electron chi connectivity index (χ1n) is 6.64. The number of carbonyl (C=O) groups excluding carboxylic acids is 4. The van der Waals surface area contributed by atoms with Crippen LogP contribution in [0.15, 0.2) is 24.3 Å². The van der Waals surface area contributed by atoms with E-state index in [4.69, 9.17) is 11.1 Å². The van der Waals surface area contributed by atoms with Gasteiger partial charge in [0.2, 0.25) is 5.91 Å². The van der Waals surface area contributed by atoms with Crippen molar-refractivity contribution in [1.29, 1.82) is 5.41 Å². The SMILES string of the molecule is N=C(N)c1ccc(NC(=O)NCC(=O)N[C@H](C=O)CC=O)cc1. The van der Waals surface area contributed by atoms with Crippen molar-refractivity contribution >= 4 is 36.0 Å². The summed E-state index contributed by atoms with van der Waals surface area (Å²) < 4.78 is 0. The van der Waals surface area contributed by atoms with Gasteiger partial charge in [0.15, 0.2) is 0 Å². The average molecular weight is 319 g/mol. The van der Waals surface area contributed by atoms with Crippen LogP contribution in [0.25, 0.3) is 0 Å². The molecule has 0 heterocycles. The summed E-state index contributed by atoms with van der Waals surface area (Å²) in [5.74, 6) is -0.677. The van der Waals surface area contributed by atoms with Crippen LogP contribution in [0.2, 0.25) is 0 Å². The number of nitrogen functional groups attached to an aromatic ring is 1. The molecule has 0 aromatic heterocycles. The van der Waals surface area contributed by atoms with Crippen molar-refractivity contribution in [3.05, 3.63) is 29.8 Å². The summed E-state index contributed by atoms with van der Waals surface area (Å²) >= 11 is 0. The number of amidine groups is 1. The van der Waals surface area contributed by atoms with E-state index in [0.29, 0.717) is 23.8 Å². The number of carbonyl (C=O) groups is 4. The summed E-state index contributed by atoms with van der Waals surface area (Å²) in [6.07, 6.45) is 0.844. The van der Waals surface area contributed by atoms with Crippen molar-refractivity contribution in [2.45, 2.75) is 12.5 Å². The van der Waals surface area contributed by atoms with Crippen LogP contribution >= 0.6 is 0 Å². The van der Waals surface area contributed by atoms with Crippen molar-refractivity contribution in [3.8, 4) is 0 Å². The average Bonchev–Trinajstić information content (AvgIpc) is 2.53. The van der Waals surface area contributed by atoms with Gasteiger partial charge in [0.05, 0.1) is 12.6 Å². The summed E-state index contributed by atoms with van der Waals surface area (Å²) in [7, 11) is 0. The van der Waals surface area contributed by atoms with E-state index in [1.807, 2.05) is 0 Å². The Morgan fingerprint density at radius 3 is 2.39 bits per heavy atom. The molecular formula is C14H17N5O4. The molecule has 0 saturated carbocycles.